The lowest BCUT2D eigenvalue weighted by atomic mass is 10.1. The second-order valence-corrected chi connectivity index (χ2v) is 8.96. The molecule has 0 saturated carbocycles. The molecule has 0 aliphatic carbocycles. The van der Waals surface area contributed by atoms with Crippen LogP contribution in [-0.4, -0.2) is 48.0 Å². The summed E-state index contributed by atoms with van der Waals surface area (Å²) in [4.78, 5) is 2.21. The van der Waals surface area contributed by atoms with E-state index >= 15 is 0 Å². The number of rotatable bonds is 5. The van der Waals surface area contributed by atoms with Gasteiger partial charge in [-0.15, -0.1) is 0 Å². The Morgan fingerprint density at radius 1 is 1.31 bits per heavy atom. The highest BCUT2D eigenvalue weighted by Crippen LogP contribution is 2.37. The van der Waals surface area contributed by atoms with Crippen molar-refractivity contribution in [3.63, 3.8) is 0 Å². The van der Waals surface area contributed by atoms with Crippen LogP contribution in [0.15, 0.2) is 29.2 Å². The van der Waals surface area contributed by atoms with E-state index in [-0.39, 0.29) is 10.9 Å². The standard InChI is InChI=1S/C18H25FN4O2S/c1-13-10-14(19)7-8-18(13)26(24,25)23-9-5-6-17(23)16-11-15(12-21(2)3)22(4)20-16/h7-8,10-11,17H,5-6,9,12H2,1-4H3. The molecule has 0 amide bonds. The van der Waals surface area contributed by atoms with Gasteiger partial charge in [0.1, 0.15) is 5.82 Å². The zero-order valence-electron chi connectivity index (χ0n) is 15.6. The molecule has 0 N–H and O–H groups in total. The fraction of sp³-hybridized carbons (Fsp3) is 0.500. The number of aryl methyl sites for hydroxylation is 2. The number of sulfonamides is 1. The second kappa shape index (κ2) is 7.09. The maximum Gasteiger partial charge on any atom is 0.243 e. The van der Waals surface area contributed by atoms with Crippen LogP contribution in [0.25, 0.3) is 0 Å². The summed E-state index contributed by atoms with van der Waals surface area (Å²) in [6.07, 6.45) is 1.52. The minimum atomic E-state index is -3.70. The first-order valence-corrected chi connectivity index (χ1v) is 10.1. The highest BCUT2D eigenvalue weighted by Gasteiger charge is 2.38. The summed E-state index contributed by atoms with van der Waals surface area (Å²) in [5, 5.41) is 4.56. The van der Waals surface area contributed by atoms with Crippen molar-refractivity contribution in [2.45, 2.75) is 37.2 Å². The molecule has 1 atom stereocenters. The van der Waals surface area contributed by atoms with Crippen molar-refractivity contribution in [3.05, 3.63) is 47.0 Å². The van der Waals surface area contributed by atoms with E-state index in [1.54, 1.807) is 6.92 Å². The summed E-state index contributed by atoms with van der Waals surface area (Å²) >= 11 is 0. The monoisotopic (exact) mass is 380 g/mol. The predicted octanol–water partition coefficient (Wildman–Crippen LogP) is 2.46. The topological polar surface area (TPSA) is 58.4 Å². The molecule has 2 heterocycles. The van der Waals surface area contributed by atoms with E-state index in [4.69, 9.17) is 0 Å². The normalized spacial score (nSPS) is 18.8. The lowest BCUT2D eigenvalue weighted by Crippen LogP contribution is -2.31. The first kappa shape index (κ1) is 19.0. The van der Waals surface area contributed by atoms with Gasteiger partial charge in [0.2, 0.25) is 10.0 Å². The van der Waals surface area contributed by atoms with Gasteiger partial charge in [-0.2, -0.15) is 9.40 Å². The van der Waals surface area contributed by atoms with Gasteiger partial charge in [-0.3, -0.25) is 4.68 Å². The van der Waals surface area contributed by atoms with Crippen LogP contribution in [0.4, 0.5) is 4.39 Å². The first-order valence-electron chi connectivity index (χ1n) is 8.65. The Morgan fingerprint density at radius 3 is 2.69 bits per heavy atom. The van der Waals surface area contributed by atoms with E-state index in [0.717, 1.165) is 30.8 Å². The molecule has 0 spiro atoms. The SMILES string of the molecule is Cc1cc(F)ccc1S(=O)(=O)N1CCCC1c1cc(CN(C)C)n(C)n1. The van der Waals surface area contributed by atoms with Gasteiger partial charge in [-0.1, -0.05) is 0 Å². The van der Waals surface area contributed by atoms with Crippen molar-refractivity contribution in [1.29, 1.82) is 0 Å². The van der Waals surface area contributed by atoms with E-state index in [1.165, 1.54) is 22.5 Å². The maximum atomic E-state index is 13.4. The number of hydrogen-bond donors (Lipinski definition) is 0. The molecule has 1 aromatic carbocycles. The van der Waals surface area contributed by atoms with Crippen molar-refractivity contribution in [1.82, 2.24) is 19.0 Å². The average molecular weight is 380 g/mol. The van der Waals surface area contributed by atoms with E-state index in [1.807, 2.05) is 36.8 Å². The summed E-state index contributed by atoms with van der Waals surface area (Å²) < 4.78 is 43.1. The largest absolute Gasteiger partial charge is 0.304 e. The number of hydrogen-bond acceptors (Lipinski definition) is 4. The molecule has 1 aliphatic heterocycles. The van der Waals surface area contributed by atoms with Crippen LogP contribution in [0.5, 0.6) is 0 Å². The fourth-order valence-corrected chi connectivity index (χ4v) is 5.39. The summed E-state index contributed by atoms with van der Waals surface area (Å²) in [5.41, 5.74) is 2.22. The molecule has 142 valence electrons. The van der Waals surface area contributed by atoms with Crippen molar-refractivity contribution < 1.29 is 12.8 Å². The molecule has 6 nitrogen and oxygen atoms in total. The Hall–Kier alpha value is -1.77. The molecule has 1 aromatic heterocycles. The molecule has 1 aliphatic rings. The summed E-state index contributed by atoms with van der Waals surface area (Å²) in [7, 11) is 2.14. The van der Waals surface area contributed by atoms with Crippen LogP contribution in [-0.2, 0) is 23.6 Å². The quantitative estimate of drug-likeness (QED) is 0.800. The van der Waals surface area contributed by atoms with Crippen molar-refractivity contribution in [3.8, 4) is 0 Å². The smallest absolute Gasteiger partial charge is 0.243 e. The van der Waals surface area contributed by atoms with Gasteiger partial charge in [0.05, 0.1) is 22.3 Å². The van der Waals surface area contributed by atoms with Crippen LogP contribution in [0.2, 0.25) is 0 Å². The van der Waals surface area contributed by atoms with Crippen LogP contribution in [0.3, 0.4) is 0 Å². The number of nitrogens with zero attached hydrogens (tertiary/aromatic N) is 4. The molecular formula is C18H25FN4O2S. The second-order valence-electron chi connectivity index (χ2n) is 7.11. The zero-order chi connectivity index (χ0) is 19.1. The number of aromatic nitrogens is 2. The van der Waals surface area contributed by atoms with Crippen molar-refractivity contribution in [2.75, 3.05) is 20.6 Å². The summed E-state index contributed by atoms with van der Waals surface area (Å²) in [6, 6.07) is 5.50. The van der Waals surface area contributed by atoms with Crippen LogP contribution in [0.1, 0.15) is 35.8 Å². The van der Waals surface area contributed by atoms with Gasteiger partial charge in [-0.25, -0.2) is 12.8 Å². The highest BCUT2D eigenvalue weighted by atomic mass is 32.2. The van der Waals surface area contributed by atoms with Crippen LogP contribution < -0.4 is 0 Å². The van der Waals surface area contributed by atoms with Gasteiger partial charge in [0, 0.05) is 20.1 Å². The molecule has 3 rings (SSSR count). The molecule has 2 aromatic rings. The van der Waals surface area contributed by atoms with Crippen molar-refractivity contribution in [2.24, 2.45) is 7.05 Å². The van der Waals surface area contributed by atoms with E-state index in [2.05, 4.69) is 5.10 Å². The first-order chi connectivity index (χ1) is 12.2. The van der Waals surface area contributed by atoms with Crippen molar-refractivity contribution >= 4 is 10.0 Å². The van der Waals surface area contributed by atoms with Gasteiger partial charge in [0.15, 0.2) is 0 Å². The highest BCUT2D eigenvalue weighted by molar-refractivity contribution is 7.89. The molecule has 26 heavy (non-hydrogen) atoms. The minimum absolute atomic E-state index is 0.162. The Bertz CT molecular complexity index is 908. The third-order valence-electron chi connectivity index (χ3n) is 4.74. The lowest BCUT2D eigenvalue weighted by molar-refractivity contribution is 0.384. The summed E-state index contributed by atoms with van der Waals surface area (Å²) in [6.45, 7) is 2.81. The third kappa shape index (κ3) is 3.54. The number of benzene rings is 1. The van der Waals surface area contributed by atoms with E-state index in [0.29, 0.717) is 12.1 Å². The molecule has 0 radical (unpaired) electrons. The van der Waals surface area contributed by atoms with Crippen LogP contribution in [0, 0.1) is 12.7 Å². The molecular weight excluding hydrogens is 355 g/mol. The lowest BCUT2D eigenvalue weighted by Gasteiger charge is -2.23. The molecule has 1 unspecified atom stereocenters. The van der Waals surface area contributed by atoms with Gasteiger partial charge >= 0.3 is 0 Å². The van der Waals surface area contributed by atoms with E-state index < -0.39 is 15.8 Å². The maximum absolute atomic E-state index is 13.4. The van der Waals surface area contributed by atoms with E-state index in [9.17, 15) is 12.8 Å². The molecule has 8 heteroatoms. The Morgan fingerprint density at radius 2 is 2.04 bits per heavy atom. The Kier molecular flexibility index (Phi) is 5.18. The molecule has 1 fully saturated rings. The van der Waals surface area contributed by atoms with Gasteiger partial charge < -0.3 is 4.90 Å². The molecule has 0 bridgehead atoms. The Labute approximate surface area is 154 Å². The minimum Gasteiger partial charge on any atom is -0.304 e. The average Bonchev–Trinajstić information content (AvgIpc) is 3.14. The summed E-state index contributed by atoms with van der Waals surface area (Å²) in [5.74, 6) is -0.433. The van der Waals surface area contributed by atoms with Crippen LogP contribution >= 0.6 is 0 Å². The van der Waals surface area contributed by atoms with Gasteiger partial charge in [-0.05, 0) is 63.7 Å². The number of halogens is 1. The third-order valence-corrected chi connectivity index (χ3v) is 6.81. The fourth-order valence-electron chi connectivity index (χ4n) is 3.52. The van der Waals surface area contributed by atoms with Gasteiger partial charge in [0.25, 0.3) is 0 Å². The zero-order valence-corrected chi connectivity index (χ0v) is 16.4. The molecule has 1 saturated heterocycles. The predicted molar refractivity (Wildman–Crippen MR) is 97.6 cm³/mol. The Balaban J connectivity index is 1.95.